The molecule has 1 atom stereocenters. The zero-order valence-corrected chi connectivity index (χ0v) is 11.5. The van der Waals surface area contributed by atoms with Crippen molar-refractivity contribution in [1.82, 2.24) is 4.98 Å². The van der Waals surface area contributed by atoms with Crippen molar-refractivity contribution in [2.24, 2.45) is 0 Å². The summed E-state index contributed by atoms with van der Waals surface area (Å²) in [5, 5.41) is 19.1. The van der Waals surface area contributed by atoms with Crippen molar-refractivity contribution in [2.45, 2.75) is 45.8 Å². The normalized spacial score (nSPS) is 12.8. The molecule has 102 valence electrons. The van der Waals surface area contributed by atoms with Crippen LogP contribution in [-0.4, -0.2) is 34.4 Å². The van der Waals surface area contributed by atoms with E-state index in [1.54, 1.807) is 13.1 Å². The van der Waals surface area contributed by atoms with Crippen molar-refractivity contribution in [3.05, 3.63) is 23.9 Å². The Labute approximate surface area is 109 Å². The summed E-state index contributed by atoms with van der Waals surface area (Å²) in [5.74, 6) is 0.787. The molecule has 0 aliphatic carbocycles. The molecule has 1 rings (SSSR count). The van der Waals surface area contributed by atoms with Crippen LogP contribution in [0.2, 0.25) is 0 Å². The lowest BCUT2D eigenvalue weighted by Crippen LogP contribution is -2.38. The number of aromatic nitrogens is 1. The first kappa shape index (κ1) is 14.9. The van der Waals surface area contributed by atoms with Crippen LogP contribution in [0.1, 0.15) is 45.3 Å². The van der Waals surface area contributed by atoms with Crippen LogP contribution in [0.3, 0.4) is 0 Å². The fourth-order valence-electron chi connectivity index (χ4n) is 2.27. The maximum absolute atomic E-state index is 9.82. The summed E-state index contributed by atoms with van der Waals surface area (Å²) >= 11 is 0. The SMILES string of the molecule is CCC(CC)N(CCO)c1ncccc1C(C)O. The van der Waals surface area contributed by atoms with Gasteiger partial charge in [0.2, 0.25) is 0 Å². The summed E-state index contributed by atoms with van der Waals surface area (Å²) in [7, 11) is 0. The summed E-state index contributed by atoms with van der Waals surface area (Å²) in [4.78, 5) is 6.49. The topological polar surface area (TPSA) is 56.6 Å². The zero-order valence-electron chi connectivity index (χ0n) is 11.5. The molecule has 0 aliphatic rings. The third-order valence-corrected chi connectivity index (χ3v) is 3.26. The first-order valence-corrected chi connectivity index (χ1v) is 6.66. The van der Waals surface area contributed by atoms with Gasteiger partial charge in [0.1, 0.15) is 5.82 Å². The molecule has 0 saturated heterocycles. The molecule has 0 saturated carbocycles. The van der Waals surface area contributed by atoms with Crippen molar-refractivity contribution >= 4 is 5.82 Å². The molecule has 1 aromatic heterocycles. The quantitative estimate of drug-likeness (QED) is 0.780. The first-order valence-electron chi connectivity index (χ1n) is 6.66. The van der Waals surface area contributed by atoms with Gasteiger partial charge in [-0.05, 0) is 25.8 Å². The molecule has 0 aromatic carbocycles. The second-order valence-corrected chi connectivity index (χ2v) is 4.48. The van der Waals surface area contributed by atoms with Gasteiger partial charge in [-0.1, -0.05) is 19.9 Å². The summed E-state index contributed by atoms with van der Waals surface area (Å²) in [5.41, 5.74) is 0.817. The maximum Gasteiger partial charge on any atom is 0.134 e. The second-order valence-electron chi connectivity index (χ2n) is 4.48. The van der Waals surface area contributed by atoms with Crippen molar-refractivity contribution < 1.29 is 10.2 Å². The molecule has 4 nitrogen and oxygen atoms in total. The van der Waals surface area contributed by atoms with E-state index in [1.807, 2.05) is 12.1 Å². The van der Waals surface area contributed by atoms with Gasteiger partial charge >= 0.3 is 0 Å². The van der Waals surface area contributed by atoms with Gasteiger partial charge in [0, 0.05) is 24.3 Å². The molecule has 1 aromatic rings. The van der Waals surface area contributed by atoms with Crippen molar-refractivity contribution in [3.8, 4) is 0 Å². The monoisotopic (exact) mass is 252 g/mol. The highest BCUT2D eigenvalue weighted by Gasteiger charge is 2.20. The molecule has 0 fully saturated rings. The highest BCUT2D eigenvalue weighted by Crippen LogP contribution is 2.26. The lowest BCUT2D eigenvalue weighted by atomic mass is 10.1. The number of pyridine rings is 1. The Morgan fingerprint density at radius 3 is 2.50 bits per heavy atom. The Hall–Kier alpha value is -1.13. The van der Waals surface area contributed by atoms with E-state index >= 15 is 0 Å². The highest BCUT2D eigenvalue weighted by molar-refractivity contribution is 5.48. The Balaban J connectivity index is 3.12. The lowest BCUT2D eigenvalue weighted by Gasteiger charge is -2.33. The Bertz CT molecular complexity index is 351. The van der Waals surface area contributed by atoms with Gasteiger partial charge in [-0.2, -0.15) is 0 Å². The molecule has 1 unspecified atom stereocenters. The number of aliphatic hydroxyl groups excluding tert-OH is 2. The van der Waals surface area contributed by atoms with Gasteiger partial charge in [0.25, 0.3) is 0 Å². The minimum Gasteiger partial charge on any atom is -0.395 e. The van der Waals surface area contributed by atoms with Crippen LogP contribution in [0.4, 0.5) is 5.82 Å². The van der Waals surface area contributed by atoms with E-state index in [2.05, 4.69) is 23.7 Å². The smallest absolute Gasteiger partial charge is 0.134 e. The number of nitrogens with zero attached hydrogens (tertiary/aromatic N) is 2. The van der Waals surface area contributed by atoms with Crippen molar-refractivity contribution in [3.63, 3.8) is 0 Å². The van der Waals surface area contributed by atoms with Crippen LogP contribution in [-0.2, 0) is 0 Å². The van der Waals surface area contributed by atoms with Crippen molar-refractivity contribution in [2.75, 3.05) is 18.1 Å². The molecular weight excluding hydrogens is 228 g/mol. The molecule has 4 heteroatoms. The third kappa shape index (κ3) is 3.43. The second kappa shape index (κ2) is 7.34. The van der Waals surface area contributed by atoms with Gasteiger partial charge in [-0.3, -0.25) is 0 Å². The summed E-state index contributed by atoms with van der Waals surface area (Å²) < 4.78 is 0. The minimum absolute atomic E-state index is 0.0896. The van der Waals surface area contributed by atoms with Gasteiger partial charge in [-0.25, -0.2) is 4.98 Å². The van der Waals surface area contributed by atoms with Gasteiger partial charge < -0.3 is 15.1 Å². The zero-order chi connectivity index (χ0) is 13.5. The highest BCUT2D eigenvalue weighted by atomic mass is 16.3. The number of hydrogen-bond donors (Lipinski definition) is 2. The molecule has 0 amide bonds. The average Bonchev–Trinajstić information content (AvgIpc) is 2.39. The van der Waals surface area contributed by atoms with Crippen LogP contribution >= 0.6 is 0 Å². The van der Waals surface area contributed by atoms with Crippen LogP contribution in [0.5, 0.6) is 0 Å². The van der Waals surface area contributed by atoms with Gasteiger partial charge in [0.05, 0.1) is 12.7 Å². The Morgan fingerprint density at radius 1 is 1.33 bits per heavy atom. The molecule has 0 spiro atoms. The van der Waals surface area contributed by atoms with Crippen LogP contribution < -0.4 is 4.90 Å². The molecule has 0 aliphatic heterocycles. The van der Waals surface area contributed by atoms with E-state index in [-0.39, 0.29) is 6.61 Å². The summed E-state index contributed by atoms with van der Waals surface area (Å²) in [6.07, 6.45) is 3.16. The molecule has 0 bridgehead atoms. The largest absolute Gasteiger partial charge is 0.395 e. The minimum atomic E-state index is -0.552. The van der Waals surface area contributed by atoms with E-state index in [0.29, 0.717) is 12.6 Å². The van der Waals surface area contributed by atoms with E-state index in [1.165, 1.54) is 0 Å². The number of rotatable bonds is 7. The molecular formula is C14H24N2O2. The van der Waals surface area contributed by atoms with E-state index in [9.17, 15) is 10.2 Å². The van der Waals surface area contributed by atoms with E-state index in [4.69, 9.17) is 0 Å². The van der Waals surface area contributed by atoms with Crippen LogP contribution in [0, 0.1) is 0 Å². The molecule has 1 heterocycles. The standard InChI is InChI=1S/C14H24N2O2/c1-4-12(5-2)16(9-10-17)14-13(11(3)18)7-6-8-15-14/h6-8,11-12,17-18H,4-5,9-10H2,1-3H3. The average molecular weight is 252 g/mol. The predicted octanol–water partition coefficient (Wildman–Crippen LogP) is 2.12. The Kier molecular flexibility index (Phi) is 6.09. The maximum atomic E-state index is 9.82. The van der Waals surface area contributed by atoms with Gasteiger partial charge in [0.15, 0.2) is 0 Å². The van der Waals surface area contributed by atoms with E-state index < -0.39 is 6.10 Å². The van der Waals surface area contributed by atoms with E-state index in [0.717, 1.165) is 24.2 Å². The van der Waals surface area contributed by atoms with Gasteiger partial charge in [-0.15, -0.1) is 0 Å². The lowest BCUT2D eigenvalue weighted by molar-refractivity contribution is 0.198. The van der Waals surface area contributed by atoms with Crippen LogP contribution in [0.25, 0.3) is 0 Å². The van der Waals surface area contributed by atoms with Crippen molar-refractivity contribution in [1.29, 1.82) is 0 Å². The first-order chi connectivity index (χ1) is 8.65. The fraction of sp³-hybridized carbons (Fsp3) is 0.643. The Morgan fingerprint density at radius 2 is 2.00 bits per heavy atom. The predicted molar refractivity (Wildman–Crippen MR) is 73.7 cm³/mol. The third-order valence-electron chi connectivity index (χ3n) is 3.26. The molecule has 2 N–H and O–H groups in total. The number of anilines is 1. The van der Waals surface area contributed by atoms with Crippen LogP contribution in [0.15, 0.2) is 18.3 Å². The fourth-order valence-corrected chi connectivity index (χ4v) is 2.27. The number of hydrogen-bond acceptors (Lipinski definition) is 4. The number of aliphatic hydroxyl groups is 2. The summed E-state index contributed by atoms with van der Waals surface area (Å²) in [6.45, 7) is 6.63. The summed E-state index contributed by atoms with van der Waals surface area (Å²) in [6, 6.07) is 4.06. The molecule has 0 radical (unpaired) electrons. The molecule has 18 heavy (non-hydrogen) atoms.